The zero-order valence-electron chi connectivity index (χ0n) is 10.1. The number of carbonyl (C=O) groups is 3. The Labute approximate surface area is 118 Å². The van der Waals surface area contributed by atoms with Gasteiger partial charge in [0.05, 0.1) is 10.6 Å². The Kier molecular flexibility index (Phi) is 5.45. The molecule has 1 atom stereocenters. The lowest BCUT2D eigenvalue weighted by atomic mass is 10.1. The molecule has 3 N–H and O–H groups in total. The van der Waals surface area contributed by atoms with Gasteiger partial charge >= 0.3 is 11.9 Å². The van der Waals surface area contributed by atoms with E-state index in [1.165, 1.54) is 12.1 Å². The lowest BCUT2D eigenvalue weighted by Gasteiger charge is -2.14. The molecule has 0 spiro atoms. The van der Waals surface area contributed by atoms with E-state index in [1.54, 1.807) is 0 Å². The van der Waals surface area contributed by atoms with E-state index >= 15 is 0 Å². The molecule has 0 aliphatic heterocycles. The molecule has 1 aromatic carbocycles. The van der Waals surface area contributed by atoms with Gasteiger partial charge in [0.25, 0.3) is 5.91 Å². The highest BCUT2D eigenvalue weighted by Gasteiger charge is 2.23. The third kappa shape index (κ3) is 4.20. The van der Waals surface area contributed by atoms with Crippen LogP contribution in [0.25, 0.3) is 0 Å². The molecule has 0 aromatic heterocycles. The van der Waals surface area contributed by atoms with Crippen molar-refractivity contribution in [2.24, 2.45) is 0 Å². The molecule has 0 saturated heterocycles. The molecule has 1 aromatic rings. The first-order chi connectivity index (χ1) is 9.32. The van der Waals surface area contributed by atoms with Crippen LogP contribution in [-0.2, 0) is 9.59 Å². The van der Waals surface area contributed by atoms with Crippen molar-refractivity contribution >= 4 is 29.4 Å². The molecule has 20 heavy (non-hydrogen) atoms. The van der Waals surface area contributed by atoms with E-state index in [9.17, 15) is 18.8 Å². The lowest BCUT2D eigenvalue weighted by molar-refractivity contribution is -0.140. The summed E-state index contributed by atoms with van der Waals surface area (Å²) in [6.45, 7) is 0. The van der Waals surface area contributed by atoms with E-state index in [2.05, 4.69) is 5.32 Å². The number of hydrogen-bond acceptors (Lipinski definition) is 3. The second kappa shape index (κ2) is 6.85. The highest BCUT2D eigenvalue weighted by molar-refractivity contribution is 6.31. The summed E-state index contributed by atoms with van der Waals surface area (Å²) in [5.41, 5.74) is -0.404. The summed E-state index contributed by atoms with van der Waals surface area (Å²) in [6.07, 6.45) is -0.742. The topological polar surface area (TPSA) is 104 Å². The predicted octanol–water partition coefficient (Wildman–Crippen LogP) is 1.53. The minimum Gasteiger partial charge on any atom is -0.481 e. The highest BCUT2D eigenvalue weighted by atomic mass is 35.5. The first kappa shape index (κ1) is 15.9. The monoisotopic (exact) mass is 303 g/mol. The fourth-order valence-corrected chi connectivity index (χ4v) is 1.61. The molecule has 0 heterocycles. The number of rotatable bonds is 6. The van der Waals surface area contributed by atoms with Crippen molar-refractivity contribution in [1.29, 1.82) is 0 Å². The van der Waals surface area contributed by atoms with Gasteiger partial charge in [-0.2, -0.15) is 0 Å². The normalized spacial score (nSPS) is 11.7. The Morgan fingerprint density at radius 3 is 2.50 bits per heavy atom. The molecule has 0 aliphatic carbocycles. The van der Waals surface area contributed by atoms with Gasteiger partial charge in [-0.15, -0.1) is 0 Å². The highest BCUT2D eigenvalue weighted by Crippen LogP contribution is 2.18. The Morgan fingerprint density at radius 2 is 1.95 bits per heavy atom. The SMILES string of the molecule is O=C(O)CCC(NC(=O)c1cccc(Cl)c1F)C(=O)O. The first-order valence-corrected chi connectivity index (χ1v) is 5.90. The van der Waals surface area contributed by atoms with E-state index in [1.807, 2.05) is 0 Å². The molecule has 0 radical (unpaired) electrons. The van der Waals surface area contributed by atoms with Gasteiger partial charge in [0.2, 0.25) is 0 Å². The number of halogens is 2. The average Bonchev–Trinajstić information content (AvgIpc) is 2.36. The maximum atomic E-state index is 13.6. The van der Waals surface area contributed by atoms with E-state index < -0.39 is 41.7 Å². The summed E-state index contributed by atoms with van der Waals surface area (Å²) in [5.74, 6) is -4.53. The van der Waals surface area contributed by atoms with Crippen molar-refractivity contribution in [1.82, 2.24) is 5.32 Å². The number of benzene rings is 1. The fourth-order valence-electron chi connectivity index (χ4n) is 1.44. The van der Waals surface area contributed by atoms with Crippen molar-refractivity contribution in [3.63, 3.8) is 0 Å². The summed E-state index contributed by atoms with van der Waals surface area (Å²) >= 11 is 5.51. The molecule has 108 valence electrons. The van der Waals surface area contributed by atoms with Gasteiger partial charge in [0.1, 0.15) is 6.04 Å². The third-order valence-corrected chi connectivity index (χ3v) is 2.74. The van der Waals surface area contributed by atoms with Crippen LogP contribution < -0.4 is 5.32 Å². The summed E-state index contributed by atoms with van der Waals surface area (Å²) in [6, 6.07) is 2.31. The molecule has 0 fully saturated rings. The summed E-state index contributed by atoms with van der Waals surface area (Å²) < 4.78 is 13.6. The van der Waals surface area contributed by atoms with Crippen LogP contribution in [0.2, 0.25) is 5.02 Å². The van der Waals surface area contributed by atoms with Crippen molar-refractivity contribution in [2.75, 3.05) is 0 Å². The summed E-state index contributed by atoms with van der Waals surface area (Å²) in [5, 5.41) is 19.2. The maximum Gasteiger partial charge on any atom is 0.326 e. The zero-order valence-corrected chi connectivity index (χ0v) is 10.9. The minimum absolute atomic E-state index is 0.268. The number of carboxylic acid groups (broad SMARTS) is 2. The molecule has 0 saturated carbocycles. The van der Waals surface area contributed by atoms with Gasteiger partial charge < -0.3 is 15.5 Å². The van der Waals surface area contributed by atoms with Crippen LogP contribution in [0.15, 0.2) is 18.2 Å². The van der Waals surface area contributed by atoms with Gasteiger partial charge in [-0.1, -0.05) is 17.7 Å². The lowest BCUT2D eigenvalue weighted by Crippen LogP contribution is -2.41. The second-order valence-corrected chi connectivity index (χ2v) is 4.31. The zero-order chi connectivity index (χ0) is 15.3. The Balaban J connectivity index is 2.83. The van der Waals surface area contributed by atoms with Crippen molar-refractivity contribution in [3.8, 4) is 0 Å². The van der Waals surface area contributed by atoms with E-state index in [0.717, 1.165) is 6.07 Å². The third-order valence-electron chi connectivity index (χ3n) is 2.45. The van der Waals surface area contributed by atoms with Crippen LogP contribution in [-0.4, -0.2) is 34.1 Å². The number of amides is 1. The van der Waals surface area contributed by atoms with E-state index in [-0.39, 0.29) is 11.4 Å². The molecule has 6 nitrogen and oxygen atoms in total. The largest absolute Gasteiger partial charge is 0.481 e. The van der Waals surface area contributed by atoms with Crippen LogP contribution in [0.1, 0.15) is 23.2 Å². The van der Waals surface area contributed by atoms with Gasteiger partial charge in [-0.05, 0) is 18.6 Å². The number of carbonyl (C=O) groups excluding carboxylic acids is 1. The van der Waals surface area contributed by atoms with Gasteiger partial charge in [0, 0.05) is 6.42 Å². The van der Waals surface area contributed by atoms with Crippen LogP contribution in [0.4, 0.5) is 4.39 Å². The smallest absolute Gasteiger partial charge is 0.326 e. The molecule has 8 heteroatoms. The number of carboxylic acids is 2. The molecule has 1 rings (SSSR count). The Bertz CT molecular complexity index is 549. The number of aliphatic carboxylic acids is 2. The average molecular weight is 304 g/mol. The van der Waals surface area contributed by atoms with Gasteiger partial charge in [0.15, 0.2) is 5.82 Å². The maximum absolute atomic E-state index is 13.6. The number of hydrogen-bond donors (Lipinski definition) is 3. The Hall–Kier alpha value is -2.15. The standard InChI is InChI=1S/C12H11ClFNO5/c13-7-3-1-2-6(10(7)14)11(18)15-8(12(19)20)4-5-9(16)17/h1-3,8H,4-5H2,(H,15,18)(H,16,17)(H,19,20). The summed E-state index contributed by atoms with van der Waals surface area (Å²) in [7, 11) is 0. The molecule has 0 aliphatic rings. The molecule has 0 bridgehead atoms. The van der Waals surface area contributed by atoms with Gasteiger partial charge in [-0.3, -0.25) is 9.59 Å². The molecular weight excluding hydrogens is 293 g/mol. The van der Waals surface area contributed by atoms with E-state index in [4.69, 9.17) is 21.8 Å². The van der Waals surface area contributed by atoms with Crippen LogP contribution in [0, 0.1) is 5.82 Å². The second-order valence-electron chi connectivity index (χ2n) is 3.90. The first-order valence-electron chi connectivity index (χ1n) is 5.52. The minimum atomic E-state index is -1.42. The molecule has 1 unspecified atom stereocenters. The molecule has 1 amide bonds. The van der Waals surface area contributed by atoms with Crippen LogP contribution in [0.3, 0.4) is 0 Å². The van der Waals surface area contributed by atoms with Gasteiger partial charge in [-0.25, -0.2) is 9.18 Å². The van der Waals surface area contributed by atoms with Crippen molar-refractivity contribution < 1.29 is 29.0 Å². The van der Waals surface area contributed by atoms with Crippen LogP contribution in [0.5, 0.6) is 0 Å². The van der Waals surface area contributed by atoms with Crippen LogP contribution >= 0.6 is 11.6 Å². The van der Waals surface area contributed by atoms with Crippen molar-refractivity contribution in [3.05, 3.63) is 34.6 Å². The summed E-state index contributed by atoms with van der Waals surface area (Å²) in [4.78, 5) is 33.1. The molecular formula is C12H11ClFNO5. The number of nitrogens with one attached hydrogen (secondary N) is 1. The fraction of sp³-hybridized carbons (Fsp3) is 0.250. The predicted molar refractivity (Wildman–Crippen MR) is 67.2 cm³/mol. The van der Waals surface area contributed by atoms with E-state index in [0.29, 0.717) is 0 Å². The quantitative estimate of drug-likeness (QED) is 0.739. The Morgan fingerprint density at radius 1 is 1.30 bits per heavy atom. The van der Waals surface area contributed by atoms with Crippen molar-refractivity contribution in [2.45, 2.75) is 18.9 Å².